The summed E-state index contributed by atoms with van der Waals surface area (Å²) in [6.45, 7) is 0.737. The molecule has 0 unspecified atom stereocenters. The highest BCUT2D eigenvalue weighted by molar-refractivity contribution is 4.73. The van der Waals surface area contributed by atoms with E-state index >= 15 is 0 Å². The average Bonchev–Trinajstić information content (AvgIpc) is 2.54. The quantitative estimate of drug-likeness (QED) is 0.685. The van der Waals surface area contributed by atoms with Crippen LogP contribution in [0.2, 0.25) is 0 Å². The van der Waals surface area contributed by atoms with Gasteiger partial charge in [0.05, 0.1) is 0 Å². The van der Waals surface area contributed by atoms with Crippen molar-refractivity contribution in [2.45, 2.75) is 57.2 Å². The zero-order valence-corrected chi connectivity index (χ0v) is 8.37. The first-order chi connectivity index (χ1) is 6.58. The zero-order chi connectivity index (χ0) is 10.4. The number of hydrogen-bond donors (Lipinski definition) is 1. The Bertz CT molecular complexity index is 150. The van der Waals surface area contributed by atoms with Crippen molar-refractivity contribution in [1.82, 2.24) is 5.32 Å². The van der Waals surface area contributed by atoms with E-state index in [1.165, 1.54) is 25.7 Å². The van der Waals surface area contributed by atoms with Crippen molar-refractivity contribution >= 4 is 0 Å². The molecule has 1 nitrogen and oxygen atoms in total. The standard InChI is InChI=1S/C10H18F3N/c11-10(12,13)7-3-4-8-14-9-5-1-2-6-9/h9,14H,1-8H2. The lowest BCUT2D eigenvalue weighted by Crippen LogP contribution is -2.27. The first kappa shape index (κ1) is 11.8. The summed E-state index contributed by atoms with van der Waals surface area (Å²) in [5, 5.41) is 3.30. The molecule has 1 aliphatic carbocycles. The van der Waals surface area contributed by atoms with Crippen molar-refractivity contribution in [3.8, 4) is 0 Å². The largest absolute Gasteiger partial charge is 0.389 e. The molecule has 0 radical (unpaired) electrons. The maximum absolute atomic E-state index is 11.8. The van der Waals surface area contributed by atoms with Gasteiger partial charge >= 0.3 is 6.18 Å². The van der Waals surface area contributed by atoms with Crippen LogP contribution in [0.25, 0.3) is 0 Å². The fourth-order valence-corrected chi connectivity index (χ4v) is 1.89. The molecule has 4 heteroatoms. The van der Waals surface area contributed by atoms with Crippen LogP contribution in [0.3, 0.4) is 0 Å². The van der Waals surface area contributed by atoms with E-state index in [0.717, 1.165) is 6.54 Å². The number of nitrogens with one attached hydrogen (secondary N) is 1. The van der Waals surface area contributed by atoms with Crippen molar-refractivity contribution < 1.29 is 13.2 Å². The van der Waals surface area contributed by atoms with Gasteiger partial charge in [-0.15, -0.1) is 0 Å². The van der Waals surface area contributed by atoms with Crippen LogP contribution in [-0.4, -0.2) is 18.8 Å². The van der Waals surface area contributed by atoms with Crippen molar-refractivity contribution in [2.75, 3.05) is 6.54 Å². The number of unbranched alkanes of at least 4 members (excludes halogenated alkanes) is 1. The Kier molecular flexibility index (Phi) is 4.72. The van der Waals surface area contributed by atoms with Gasteiger partial charge in [0.25, 0.3) is 0 Å². The first-order valence-corrected chi connectivity index (χ1v) is 5.38. The molecule has 1 aliphatic rings. The van der Waals surface area contributed by atoms with E-state index in [1.807, 2.05) is 0 Å². The predicted molar refractivity (Wildman–Crippen MR) is 50.2 cm³/mol. The smallest absolute Gasteiger partial charge is 0.314 e. The molecular weight excluding hydrogens is 191 g/mol. The van der Waals surface area contributed by atoms with Crippen molar-refractivity contribution in [1.29, 1.82) is 0 Å². The molecule has 0 aromatic carbocycles. The van der Waals surface area contributed by atoms with Crippen LogP contribution in [0.1, 0.15) is 44.9 Å². The number of halogens is 3. The molecule has 1 N–H and O–H groups in total. The van der Waals surface area contributed by atoms with E-state index < -0.39 is 12.6 Å². The Morgan fingerprint density at radius 2 is 1.71 bits per heavy atom. The van der Waals surface area contributed by atoms with Crippen LogP contribution in [-0.2, 0) is 0 Å². The van der Waals surface area contributed by atoms with Gasteiger partial charge in [0.1, 0.15) is 0 Å². The zero-order valence-electron chi connectivity index (χ0n) is 8.37. The minimum absolute atomic E-state index is 0.253. The second kappa shape index (κ2) is 5.59. The first-order valence-electron chi connectivity index (χ1n) is 5.38. The highest BCUT2D eigenvalue weighted by Gasteiger charge is 2.25. The maximum atomic E-state index is 11.8. The number of alkyl halides is 3. The lowest BCUT2D eigenvalue weighted by atomic mass is 10.2. The molecule has 1 rings (SSSR count). The second-order valence-electron chi connectivity index (χ2n) is 4.01. The average molecular weight is 209 g/mol. The number of rotatable bonds is 5. The summed E-state index contributed by atoms with van der Waals surface area (Å²) in [7, 11) is 0. The van der Waals surface area contributed by atoms with E-state index in [1.54, 1.807) is 0 Å². The highest BCUT2D eigenvalue weighted by atomic mass is 19.4. The fourth-order valence-electron chi connectivity index (χ4n) is 1.89. The SMILES string of the molecule is FC(F)(F)CCCCNC1CCCC1. The van der Waals surface area contributed by atoms with Crippen LogP contribution in [0.5, 0.6) is 0 Å². The van der Waals surface area contributed by atoms with Gasteiger partial charge in [-0.25, -0.2) is 0 Å². The Morgan fingerprint density at radius 1 is 1.07 bits per heavy atom. The summed E-state index contributed by atoms with van der Waals surface area (Å²) < 4.78 is 35.3. The van der Waals surface area contributed by atoms with Gasteiger partial charge < -0.3 is 5.32 Å². The molecule has 0 heterocycles. The second-order valence-corrected chi connectivity index (χ2v) is 4.01. The maximum Gasteiger partial charge on any atom is 0.389 e. The monoisotopic (exact) mass is 209 g/mol. The molecule has 0 spiro atoms. The van der Waals surface area contributed by atoms with Gasteiger partial charge in [-0.05, 0) is 32.2 Å². The molecule has 0 amide bonds. The molecule has 0 atom stereocenters. The molecular formula is C10H18F3N. The third-order valence-electron chi connectivity index (χ3n) is 2.68. The topological polar surface area (TPSA) is 12.0 Å². The summed E-state index contributed by atoms with van der Waals surface area (Å²) >= 11 is 0. The minimum atomic E-state index is -3.98. The van der Waals surface area contributed by atoms with Gasteiger partial charge in [0, 0.05) is 12.5 Å². The number of hydrogen-bond acceptors (Lipinski definition) is 1. The molecule has 84 valence electrons. The summed E-state index contributed by atoms with van der Waals surface area (Å²) in [6.07, 6.45) is 1.19. The Balaban J connectivity index is 1.89. The summed E-state index contributed by atoms with van der Waals surface area (Å²) in [5.41, 5.74) is 0. The lowest BCUT2D eigenvalue weighted by Gasteiger charge is -2.11. The minimum Gasteiger partial charge on any atom is -0.314 e. The fraction of sp³-hybridized carbons (Fsp3) is 1.00. The molecule has 0 aromatic heterocycles. The van der Waals surface area contributed by atoms with Crippen LogP contribution in [0, 0.1) is 0 Å². The summed E-state index contributed by atoms with van der Waals surface area (Å²) in [6, 6.07) is 0.570. The summed E-state index contributed by atoms with van der Waals surface area (Å²) in [4.78, 5) is 0. The van der Waals surface area contributed by atoms with Crippen LogP contribution < -0.4 is 5.32 Å². The normalized spacial score (nSPS) is 19.1. The van der Waals surface area contributed by atoms with Crippen LogP contribution >= 0.6 is 0 Å². The van der Waals surface area contributed by atoms with E-state index in [2.05, 4.69) is 5.32 Å². The molecule has 1 saturated carbocycles. The van der Waals surface area contributed by atoms with Gasteiger partial charge in [0.15, 0.2) is 0 Å². The third kappa shape index (κ3) is 5.47. The third-order valence-corrected chi connectivity index (χ3v) is 2.68. The van der Waals surface area contributed by atoms with E-state index in [4.69, 9.17) is 0 Å². The van der Waals surface area contributed by atoms with Gasteiger partial charge in [-0.1, -0.05) is 12.8 Å². The van der Waals surface area contributed by atoms with Crippen molar-refractivity contribution in [2.24, 2.45) is 0 Å². The van der Waals surface area contributed by atoms with Gasteiger partial charge in [-0.3, -0.25) is 0 Å². The molecule has 0 aromatic rings. The van der Waals surface area contributed by atoms with E-state index in [0.29, 0.717) is 12.5 Å². The van der Waals surface area contributed by atoms with Gasteiger partial charge in [-0.2, -0.15) is 13.2 Å². The Labute approximate surface area is 83.1 Å². The Morgan fingerprint density at radius 3 is 2.29 bits per heavy atom. The summed E-state index contributed by atoms with van der Waals surface area (Å²) in [5.74, 6) is 0. The van der Waals surface area contributed by atoms with Crippen molar-refractivity contribution in [3.63, 3.8) is 0 Å². The lowest BCUT2D eigenvalue weighted by molar-refractivity contribution is -0.135. The Hall–Kier alpha value is -0.250. The van der Waals surface area contributed by atoms with E-state index in [9.17, 15) is 13.2 Å². The molecule has 0 bridgehead atoms. The van der Waals surface area contributed by atoms with Gasteiger partial charge in [0.2, 0.25) is 0 Å². The van der Waals surface area contributed by atoms with Crippen LogP contribution in [0.15, 0.2) is 0 Å². The molecule has 1 fully saturated rings. The van der Waals surface area contributed by atoms with Crippen LogP contribution in [0.4, 0.5) is 13.2 Å². The molecule has 0 aliphatic heterocycles. The van der Waals surface area contributed by atoms with Crippen molar-refractivity contribution in [3.05, 3.63) is 0 Å². The predicted octanol–water partition coefficient (Wildman–Crippen LogP) is 3.25. The van der Waals surface area contributed by atoms with E-state index in [-0.39, 0.29) is 6.42 Å². The molecule has 0 saturated heterocycles. The highest BCUT2D eigenvalue weighted by Crippen LogP contribution is 2.22. The molecule has 14 heavy (non-hydrogen) atoms.